The summed E-state index contributed by atoms with van der Waals surface area (Å²) in [4.78, 5) is 36.7. The Labute approximate surface area is 194 Å². The van der Waals surface area contributed by atoms with Gasteiger partial charge >= 0.3 is 0 Å². The molecular weight excluding hydrogens is 438 g/mol. The van der Waals surface area contributed by atoms with Crippen molar-refractivity contribution in [3.63, 3.8) is 0 Å². The lowest BCUT2D eigenvalue weighted by Gasteiger charge is -2.23. The van der Waals surface area contributed by atoms with Crippen molar-refractivity contribution in [2.45, 2.75) is 32.2 Å². The minimum Gasteiger partial charge on any atom is -0.503 e. The number of aromatic nitrogens is 2. The Kier molecular flexibility index (Phi) is 4.90. The zero-order chi connectivity index (χ0) is 23.3. The van der Waals surface area contributed by atoms with E-state index in [1.54, 1.807) is 30.6 Å². The van der Waals surface area contributed by atoms with E-state index in [1.807, 2.05) is 12.1 Å². The van der Waals surface area contributed by atoms with Crippen LogP contribution in [0.5, 0.6) is 0 Å². The van der Waals surface area contributed by atoms with Crippen LogP contribution in [0.1, 0.15) is 48.5 Å². The average Bonchev–Trinajstić information content (AvgIpc) is 3.52. The first-order chi connectivity index (χ1) is 15.8. The van der Waals surface area contributed by atoms with E-state index < -0.39 is 23.5 Å². The molecule has 1 aliphatic rings. The summed E-state index contributed by atoms with van der Waals surface area (Å²) >= 11 is 1.34. The largest absolute Gasteiger partial charge is 0.503 e. The highest BCUT2D eigenvalue weighted by molar-refractivity contribution is 7.22. The summed E-state index contributed by atoms with van der Waals surface area (Å²) in [6.45, 7) is 6.40. The number of benzene rings is 1. The van der Waals surface area contributed by atoms with Crippen molar-refractivity contribution in [1.29, 1.82) is 0 Å². The van der Waals surface area contributed by atoms with Crippen LogP contribution in [0.4, 0.5) is 5.13 Å². The highest BCUT2D eigenvalue weighted by atomic mass is 32.1. The molecule has 0 fully saturated rings. The number of aliphatic hydroxyl groups excluding tert-OH is 1. The van der Waals surface area contributed by atoms with Crippen molar-refractivity contribution < 1.29 is 19.1 Å². The maximum atomic E-state index is 13.3. The standard InChI is InChI=1S/C25H21N3O4S/c1-25(2,3)15-8-9-16-18(12-15)33-24(27-16)28-20(14-6-4-10-26-13-14)19(22(30)23(28)31)21(29)17-7-5-11-32-17/h4-13,20,30H,1-3H3. The first-order valence-corrected chi connectivity index (χ1v) is 11.2. The fourth-order valence-corrected chi connectivity index (χ4v) is 4.94. The van der Waals surface area contributed by atoms with Gasteiger partial charge in [-0.3, -0.25) is 19.5 Å². The summed E-state index contributed by atoms with van der Waals surface area (Å²) < 4.78 is 6.17. The van der Waals surface area contributed by atoms with Crippen LogP contribution >= 0.6 is 11.3 Å². The third kappa shape index (κ3) is 3.52. The van der Waals surface area contributed by atoms with E-state index >= 15 is 0 Å². The van der Waals surface area contributed by atoms with Gasteiger partial charge in [0.25, 0.3) is 5.91 Å². The van der Waals surface area contributed by atoms with Crippen LogP contribution in [0.3, 0.4) is 0 Å². The molecule has 5 rings (SSSR count). The van der Waals surface area contributed by atoms with Crippen LogP contribution in [0.25, 0.3) is 10.2 Å². The lowest BCUT2D eigenvalue weighted by atomic mass is 9.87. The number of fused-ring (bicyclic) bond motifs is 1. The van der Waals surface area contributed by atoms with Crippen LogP contribution < -0.4 is 4.90 Å². The Hall–Kier alpha value is -3.78. The highest BCUT2D eigenvalue weighted by Gasteiger charge is 2.46. The lowest BCUT2D eigenvalue weighted by molar-refractivity contribution is -0.117. The molecule has 1 unspecified atom stereocenters. The van der Waals surface area contributed by atoms with Crippen molar-refractivity contribution in [3.05, 3.63) is 89.3 Å². The van der Waals surface area contributed by atoms with E-state index in [9.17, 15) is 14.7 Å². The van der Waals surface area contributed by atoms with E-state index in [2.05, 4.69) is 36.8 Å². The molecule has 0 saturated heterocycles. The number of hydrogen-bond donors (Lipinski definition) is 1. The predicted octanol–water partition coefficient (Wildman–Crippen LogP) is 5.36. The van der Waals surface area contributed by atoms with Crippen LogP contribution in [0.2, 0.25) is 0 Å². The van der Waals surface area contributed by atoms with E-state index in [-0.39, 0.29) is 16.7 Å². The van der Waals surface area contributed by atoms with Gasteiger partial charge in [0.2, 0.25) is 5.78 Å². The van der Waals surface area contributed by atoms with Crippen molar-refractivity contribution in [1.82, 2.24) is 9.97 Å². The average molecular weight is 460 g/mol. The number of anilines is 1. The number of nitrogens with zero attached hydrogens (tertiary/aromatic N) is 3. The van der Waals surface area contributed by atoms with Gasteiger partial charge in [-0.2, -0.15) is 0 Å². The molecule has 0 bridgehead atoms. The van der Waals surface area contributed by atoms with Crippen molar-refractivity contribution in [3.8, 4) is 0 Å². The molecule has 3 aromatic heterocycles. The van der Waals surface area contributed by atoms with Crippen molar-refractivity contribution >= 4 is 38.4 Å². The molecule has 33 heavy (non-hydrogen) atoms. The quantitative estimate of drug-likeness (QED) is 0.413. The molecule has 0 radical (unpaired) electrons. The van der Waals surface area contributed by atoms with Gasteiger partial charge in [-0.25, -0.2) is 4.98 Å². The molecule has 1 amide bonds. The number of amides is 1. The first kappa shape index (κ1) is 21.1. The SMILES string of the molecule is CC(C)(C)c1ccc2nc(N3C(=O)C(O)=C(C(=O)c4ccco4)C3c3cccnc3)sc2c1. The van der Waals surface area contributed by atoms with E-state index in [0.29, 0.717) is 10.7 Å². The van der Waals surface area contributed by atoms with Gasteiger partial charge in [-0.15, -0.1) is 0 Å². The van der Waals surface area contributed by atoms with E-state index in [1.165, 1.54) is 28.6 Å². The lowest BCUT2D eigenvalue weighted by Crippen LogP contribution is -2.31. The molecule has 7 nitrogen and oxygen atoms in total. The number of furan rings is 1. The number of carbonyl (C=O) groups is 2. The molecular formula is C25H21N3O4S. The molecule has 4 heterocycles. The van der Waals surface area contributed by atoms with Gasteiger partial charge < -0.3 is 9.52 Å². The van der Waals surface area contributed by atoms with Crippen molar-refractivity contribution in [2.75, 3.05) is 4.90 Å². The highest BCUT2D eigenvalue weighted by Crippen LogP contribution is 2.44. The van der Waals surface area contributed by atoms with E-state index in [0.717, 1.165) is 15.8 Å². The fraction of sp³-hybridized carbons (Fsp3) is 0.200. The number of thiazole rings is 1. The van der Waals surface area contributed by atoms with Crippen molar-refractivity contribution in [2.24, 2.45) is 0 Å². The zero-order valence-corrected chi connectivity index (χ0v) is 19.1. The molecule has 1 aliphatic heterocycles. The van der Waals surface area contributed by atoms with Crippen LogP contribution in [0, 0.1) is 0 Å². The van der Waals surface area contributed by atoms with Gasteiger partial charge in [0.1, 0.15) is 0 Å². The fourth-order valence-electron chi connectivity index (χ4n) is 3.91. The second-order valence-electron chi connectivity index (χ2n) is 8.86. The normalized spacial score (nSPS) is 16.8. The molecule has 0 spiro atoms. The summed E-state index contributed by atoms with van der Waals surface area (Å²) in [5.74, 6) is -1.81. The number of ketones is 1. The number of carbonyl (C=O) groups excluding carboxylic acids is 2. The number of pyridine rings is 1. The summed E-state index contributed by atoms with van der Waals surface area (Å²) in [6.07, 6.45) is 4.55. The predicted molar refractivity (Wildman–Crippen MR) is 125 cm³/mol. The van der Waals surface area contributed by atoms with Crippen LogP contribution in [-0.2, 0) is 10.2 Å². The Bertz CT molecular complexity index is 1400. The van der Waals surface area contributed by atoms with Crippen LogP contribution in [0.15, 0.2) is 76.9 Å². The molecule has 0 saturated carbocycles. The minimum atomic E-state index is -0.883. The number of rotatable bonds is 4. The summed E-state index contributed by atoms with van der Waals surface area (Å²) in [5, 5.41) is 11.2. The summed E-state index contributed by atoms with van der Waals surface area (Å²) in [7, 11) is 0. The second-order valence-corrected chi connectivity index (χ2v) is 9.87. The minimum absolute atomic E-state index is 0.0392. The third-order valence-corrected chi connectivity index (χ3v) is 6.66. The Morgan fingerprint density at radius 3 is 2.67 bits per heavy atom. The Morgan fingerprint density at radius 1 is 1.18 bits per heavy atom. The maximum Gasteiger partial charge on any atom is 0.296 e. The topological polar surface area (TPSA) is 96.5 Å². The second kappa shape index (κ2) is 7.67. The first-order valence-electron chi connectivity index (χ1n) is 10.4. The number of aliphatic hydroxyl groups is 1. The molecule has 4 aromatic rings. The molecule has 1 atom stereocenters. The molecule has 166 valence electrons. The smallest absolute Gasteiger partial charge is 0.296 e. The number of Topliss-reactive ketones (excluding diaryl/α,β-unsaturated/α-hetero) is 1. The Balaban J connectivity index is 1.65. The van der Waals surface area contributed by atoms with Gasteiger partial charge in [0.15, 0.2) is 16.7 Å². The molecule has 1 aromatic carbocycles. The molecule has 0 aliphatic carbocycles. The van der Waals surface area contributed by atoms with Crippen LogP contribution in [-0.4, -0.2) is 26.8 Å². The molecule has 8 heteroatoms. The third-order valence-electron chi connectivity index (χ3n) is 5.65. The Morgan fingerprint density at radius 2 is 2.00 bits per heavy atom. The van der Waals surface area contributed by atoms with Gasteiger partial charge in [-0.1, -0.05) is 44.2 Å². The summed E-state index contributed by atoms with van der Waals surface area (Å²) in [6, 6.07) is 11.7. The molecule has 1 N–H and O–H groups in total. The van der Waals surface area contributed by atoms with E-state index in [4.69, 9.17) is 4.42 Å². The van der Waals surface area contributed by atoms with Gasteiger partial charge in [-0.05, 0) is 46.9 Å². The van der Waals surface area contributed by atoms with Gasteiger partial charge in [0, 0.05) is 12.4 Å². The number of hydrogen-bond acceptors (Lipinski definition) is 7. The zero-order valence-electron chi connectivity index (χ0n) is 18.3. The monoisotopic (exact) mass is 459 g/mol. The summed E-state index contributed by atoms with van der Waals surface area (Å²) in [5.41, 5.74) is 2.38. The maximum absolute atomic E-state index is 13.3. The van der Waals surface area contributed by atoms with Gasteiger partial charge in [0.05, 0.1) is 28.1 Å².